The van der Waals surface area contributed by atoms with E-state index in [0.717, 1.165) is 13.0 Å². The summed E-state index contributed by atoms with van der Waals surface area (Å²) in [5.41, 5.74) is 3.75. The number of anilines is 1. The first kappa shape index (κ1) is 12.7. The third-order valence-corrected chi connectivity index (χ3v) is 3.11. The number of aromatic nitrogens is 2. The Morgan fingerprint density at radius 3 is 2.89 bits per heavy atom. The van der Waals surface area contributed by atoms with Crippen molar-refractivity contribution < 1.29 is 0 Å². The average Bonchev–Trinajstić information content (AvgIpc) is 2.85. The van der Waals surface area contributed by atoms with Crippen LogP contribution < -0.4 is 5.32 Å². The van der Waals surface area contributed by atoms with E-state index in [9.17, 15) is 0 Å². The lowest BCUT2D eigenvalue weighted by Gasteiger charge is -2.13. The van der Waals surface area contributed by atoms with Crippen molar-refractivity contribution in [2.24, 2.45) is 0 Å². The third-order valence-electron chi connectivity index (χ3n) is 3.11. The number of nitrogens with one attached hydrogen (secondary N) is 1. The molecule has 0 saturated heterocycles. The van der Waals surface area contributed by atoms with Crippen LogP contribution in [0.3, 0.4) is 0 Å². The molecule has 0 unspecified atom stereocenters. The van der Waals surface area contributed by atoms with Gasteiger partial charge in [-0.15, -0.1) is 0 Å². The maximum absolute atomic E-state index is 4.21. The van der Waals surface area contributed by atoms with Crippen LogP contribution >= 0.6 is 0 Å². The fourth-order valence-electron chi connectivity index (χ4n) is 2.03. The molecule has 0 aliphatic carbocycles. The van der Waals surface area contributed by atoms with Crippen LogP contribution in [0, 0.1) is 0 Å². The van der Waals surface area contributed by atoms with E-state index in [1.165, 1.54) is 16.9 Å². The molecule has 0 aliphatic heterocycles. The molecule has 1 N–H and O–H groups in total. The number of aryl methyl sites for hydroxylation is 1. The minimum Gasteiger partial charge on any atom is -0.379 e. The molecule has 1 aromatic heterocycles. The summed E-state index contributed by atoms with van der Waals surface area (Å²) >= 11 is 0. The molecule has 2 aromatic rings. The van der Waals surface area contributed by atoms with E-state index in [4.69, 9.17) is 0 Å². The van der Waals surface area contributed by atoms with Gasteiger partial charge < -0.3 is 9.88 Å². The van der Waals surface area contributed by atoms with E-state index in [-0.39, 0.29) is 0 Å². The van der Waals surface area contributed by atoms with Crippen molar-refractivity contribution in [1.82, 2.24) is 9.55 Å². The second kappa shape index (κ2) is 5.71. The molecule has 0 fully saturated rings. The Bertz CT molecular complexity index is 500. The molecule has 0 atom stereocenters. The molecule has 1 heterocycles. The molecule has 0 amide bonds. The van der Waals surface area contributed by atoms with Gasteiger partial charge in [0.1, 0.15) is 0 Å². The number of imidazole rings is 1. The van der Waals surface area contributed by atoms with Crippen molar-refractivity contribution in [1.29, 1.82) is 0 Å². The predicted octanol–water partition coefficient (Wildman–Crippen LogP) is 3.64. The summed E-state index contributed by atoms with van der Waals surface area (Å²) in [5.74, 6) is 0. The summed E-state index contributed by atoms with van der Waals surface area (Å²) in [6.07, 6.45) is 4.89. The van der Waals surface area contributed by atoms with Crippen LogP contribution in [0.25, 0.3) is 0 Å². The molecular formula is C15H21N3. The Balaban J connectivity index is 2.04. The molecule has 0 spiro atoms. The summed E-state index contributed by atoms with van der Waals surface area (Å²) in [5, 5.41) is 3.46. The second-order valence-electron chi connectivity index (χ2n) is 4.79. The van der Waals surface area contributed by atoms with Gasteiger partial charge in [-0.3, -0.25) is 0 Å². The van der Waals surface area contributed by atoms with Gasteiger partial charge in [-0.2, -0.15) is 0 Å². The summed E-state index contributed by atoms with van der Waals surface area (Å²) in [4.78, 5) is 4.21. The van der Waals surface area contributed by atoms with Gasteiger partial charge in [-0.1, -0.05) is 19.1 Å². The fourth-order valence-corrected chi connectivity index (χ4v) is 2.03. The van der Waals surface area contributed by atoms with E-state index >= 15 is 0 Å². The monoisotopic (exact) mass is 243 g/mol. The highest BCUT2D eigenvalue weighted by Gasteiger charge is 2.04. The van der Waals surface area contributed by atoms with Crippen LogP contribution in [0.1, 0.15) is 38.1 Å². The quantitative estimate of drug-likeness (QED) is 0.869. The van der Waals surface area contributed by atoms with E-state index in [1.54, 1.807) is 0 Å². The van der Waals surface area contributed by atoms with Gasteiger partial charge in [0.25, 0.3) is 0 Å². The van der Waals surface area contributed by atoms with Gasteiger partial charge in [0.2, 0.25) is 0 Å². The van der Waals surface area contributed by atoms with Crippen LogP contribution in [0.5, 0.6) is 0 Å². The van der Waals surface area contributed by atoms with Gasteiger partial charge in [0, 0.05) is 17.9 Å². The van der Waals surface area contributed by atoms with Gasteiger partial charge in [0.05, 0.1) is 18.6 Å². The van der Waals surface area contributed by atoms with E-state index in [2.05, 4.69) is 59.9 Å². The highest BCUT2D eigenvalue weighted by molar-refractivity contribution is 5.45. The maximum Gasteiger partial charge on any atom is 0.0951 e. The molecule has 3 heteroatoms. The first-order chi connectivity index (χ1) is 8.70. The normalized spacial score (nSPS) is 10.9. The second-order valence-corrected chi connectivity index (χ2v) is 4.79. The van der Waals surface area contributed by atoms with Crippen LogP contribution in [0.4, 0.5) is 5.69 Å². The molecule has 0 aliphatic rings. The van der Waals surface area contributed by atoms with Crippen LogP contribution in [-0.2, 0) is 13.0 Å². The minimum atomic E-state index is 0.450. The molecule has 0 radical (unpaired) electrons. The molecule has 96 valence electrons. The molecule has 3 nitrogen and oxygen atoms in total. The number of hydrogen-bond acceptors (Lipinski definition) is 2. The zero-order chi connectivity index (χ0) is 13.0. The van der Waals surface area contributed by atoms with E-state index < -0.39 is 0 Å². The maximum atomic E-state index is 4.21. The summed E-state index contributed by atoms with van der Waals surface area (Å²) < 4.78 is 2.19. The van der Waals surface area contributed by atoms with E-state index in [0.29, 0.717) is 6.04 Å². The van der Waals surface area contributed by atoms with Gasteiger partial charge in [-0.25, -0.2) is 4.98 Å². The molecule has 18 heavy (non-hydrogen) atoms. The Morgan fingerprint density at radius 2 is 2.17 bits per heavy atom. The number of benzene rings is 1. The van der Waals surface area contributed by atoms with Crippen molar-refractivity contribution in [3.8, 4) is 0 Å². The van der Waals surface area contributed by atoms with Gasteiger partial charge in [0.15, 0.2) is 0 Å². The topological polar surface area (TPSA) is 29.9 Å². The predicted molar refractivity (Wildman–Crippen MR) is 75.8 cm³/mol. The highest BCUT2D eigenvalue weighted by Crippen LogP contribution is 2.14. The number of rotatable bonds is 5. The van der Waals surface area contributed by atoms with Crippen molar-refractivity contribution in [3.63, 3.8) is 0 Å². The lowest BCUT2D eigenvalue weighted by atomic mass is 10.1. The largest absolute Gasteiger partial charge is 0.379 e. The lowest BCUT2D eigenvalue weighted by molar-refractivity contribution is 0.577. The molecule has 2 rings (SSSR count). The van der Waals surface area contributed by atoms with Crippen molar-refractivity contribution in [2.45, 2.75) is 39.8 Å². The standard InChI is InChI=1S/C15H21N3/c1-4-13-6-5-7-14(8-13)17-10-15-9-16-11-18(15)12(2)3/h5-9,11-12,17H,4,10H2,1-3H3. The Morgan fingerprint density at radius 1 is 1.33 bits per heavy atom. The van der Waals surface area contributed by atoms with Crippen LogP contribution in [0.15, 0.2) is 36.8 Å². The SMILES string of the molecule is CCc1cccc(NCc2cncn2C(C)C)c1. The van der Waals surface area contributed by atoms with Gasteiger partial charge in [-0.05, 0) is 38.0 Å². The van der Waals surface area contributed by atoms with Crippen LogP contribution in [0.2, 0.25) is 0 Å². The van der Waals surface area contributed by atoms with E-state index in [1.807, 2.05) is 12.5 Å². The molecule has 0 saturated carbocycles. The van der Waals surface area contributed by atoms with Crippen molar-refractivity contribution in [2.75, 3.05) is 5.32 Å². The van der Waals surface area contributed by atoms with Gasteiger partial charge >= 0.3 is 0 Å². The lowest BCUT2D eigenvalue weighted by Crippen LogP contribution is -2.08. The van der Waals surface area contributed by atoms with Crippen molar-refractivity contribution in [3.05, 3.63) is 48.0 Å². The minimum absolute atomic E-state index is 0.450. The zero-order valence-corrected chi connectivity index (χ0v) is 11.4. The Labute approximate surface area is 109 Å². The molecule has 1 aromatic carbocycles. The summed E-state index contributed by atoms with van der Waals surface area (Å²) in [6, 6.07) is 9.02. The fraction of sp³-hybridized carbons (Fsp3) is 0.400. The molecule has 0 bridgehead atoms. The first-order valence-electron chi connectivity index (χ1n) is 6.54. The number of nitrogens with zero attached hydrogens (tertiary/aromatic N) is 2. The Kier molecular flexibility index (Phi) is 4.03. The third kappa shape index (κ3) is 2.92. The Hall–Kier alpha value is -1.77. The van der Waals surface area contributed by atoms with Crippen molar-refractivity contribution >= 4 is 5.69 Å². The van der Waals surface area contributed by atoms with Crippen LogP contribution in [-0.4, -0.2) is 9.55 Å². The zero-order valence-electron chi connectivity index (χ0n) is 11.4. The summed E-state index contributed by atoms with van der Waals surface area (Å²) in [7, 11) is 0. The number of hydrogen-bond donors (Lipinski definition) is 1. The first-order valence-corrected chi connectivity index (χ1v) is 6.54. The smallest absolute Gasteiger partial charge is 0.0951 e. The summed E-state index contributed by atoms with van der Waals surface area (Å²) in [6.45, 7) is 7.32. The average molecular weight is 243 g/mol. The molecular weight excluding hydrogens is 222 g/mol. The highest BCUT2D eigenvalue weighted by atomic mass is 15.1.